The summed E-state index contributed by atoms with van der Waals surface area (Å²) >= 11 is 6.04. The number of carbonyl (C=O) groups excluding carboxylic acids is 1. The summed E-state index contributed by atoms with van der Waals surface area (Å²) in [5.74, 6) is -1.29. The number of sulfonamides is 1. The molecule has 1 aliphatic heterocycles. The lowest BCUT2D eigenvalue weighted by molar-refractivity contribution is 0.00578. The molecule has 2 aliphatic rings. The van der Waals surface area contributed by atoms with E-state index in [4.69, 9.17) is 26.6 Å². The number of halogens is 2. The molecule has 0 radical (unpaired) electrons. The van der Waals surface area contributed by atoms with Crippen LogP contribution in [0.5, 0.6) is 0 Å². The third-order valence-electron chi connectivity index (χ3n) is 8.68. The standard InChI is InChI=1S/C31H33BClFN4O5S/c1-30(2)31(3,4)43-32(42-30)23-12-5-18(15-24(23)34)13-14-44(40,41)37-25-17-38-26(16-22(25)19-6-7-19)27(29(35)39)28(36-38)20-8-10-21(33)11-9-20/h5,8-12,15-17,19,37H,6-7,13-14H2,1-4H3,(H2,35,39). The number of hydrogen-bond donors (Lipinski definition) is 2. The topological polar surface area (TPSA) is 125 Å². The van der Waals surface area contributed by atoms with Crippen LogP contribution in [0, 0.1) is 5.82 Å². The van der Waals surface area contributed by atoms with Crippen LogP contribution < -0.4 is 15.9 Å². The van der Waals surface area contributed by atoms with E-state index in [0.717, 1.165) is 18.4 Å². The summed E-state index contributed by atoms with van der Waals surface area (Å²) in [5, 5.41) is 5.12. The lowest BCUT2D eigenvalue weighted by Crippen LogP contribution is -2.41. The Kier molecular flexibility index (Phi) is 7.55. The van der Waals surface area contributed by atoms with Crippen LogP contribution in [-0.4, -0.2) is 48.0 Å². The second kappa shape index (κ2) is 10.9. The van der Waals surface area contributed by atoms with Crippen molar-refractivity contribution in [3.8, 4) is 11.3 Å². The molecule has 4 aromatic rings. The van der Waals surface area contributed by atoms with E-state index < -0.39 is 40.1 Å². The van der Waals surface area contributed by atoms with Crippen LogP contribution in [0.25, 0.3) is 16.8 Å². The molecule has 1 aliphatic carbocycles. The van der Waals surface area contributed by atoms with Crippen molar-refractivity contribution in [3.05, 3.63) is 82.3 Å². The fourth-order valence-electron chi connectivity index (χ4n) is 5.33. The molecule has 1 saturated heterocycles. The molecule has 1 amide bonds. The Bertz CT molecular complexity index is 1880. The zero-order valence-electron chi connectivity index (χ0n) is 24.9. The van der Waals surface area contributed by atoms with Gasteiger partial charge < -0.3 is 15.0 Å². The highest BCUT2D eigenvalue weighted by atomic mass is 35.5. The molecule has 1 saturated carbocycles. The Morgan fingerprint density at radius 3 is 2.36 bits per heavy atom. The summed E-state index contributed by atoms with van der Waals surface area (Å²) in [7, 11) is -4.70. The van der Waals surface area contributed by atoms with Gasteiger partial charge in [-0.2, -0.15) is 5.10 Å². The summed E-state index contributed by atoms with van der Waals surface area (Å²) in [6.45, 7) is 7.58. The highest BCUT2D eigenvalue weighted by Gasteiger charge is 2.52. The van der Waals surface area contributed by atoms with E-state index in [1.54, 1.807) is 48.7 Å². The van der Waals surface area contributed by atoms with E-state index in [-0.39, 0.29) is 29.1 Å². The van der Waals surface area contributed by atoms with Crippen molar-refractivity contribution in [1.29, 1.82) is 0 Å². The maximum absolute atomic E-state index is 15.1. The quantitative estimate of drug-likeness (QED) is 0.247. The first-order chi connectivity index (χ1) is 20.6. The number of nitrogens with two attached hydrogens (primary N) is 1. The zero-order valence-corrected chi connectivity index (χ0v) is 26.4. The molecule has 0 spiro atoms. The minimum Gasteiger partial charge on any atom is -0.399 e. The second-order valence-corrected chi connectivity index (χ2v) is 14.7. The molecule has 2 aromatic carbocycles. The number of rotatable bonds is 9. The summed E-state index contributed by atoms with van der Waals surface area (Å²) in [5.41, 5.74) is 8.26. The molecule has 3 heterocycles. The van der Waals surface area contributed by atoms with Gasteiger partial charge in [0, 0.05) is 16.0 Å². The van der Waals surface area contributed by atoms with Gasteiger partial charge in [0.25, 0.3) is 5.91 Å². The Morgan fingerprint density at radius 1 is 1.11 bits per heavy atom. The van der Waals surface area contributed by atoms with E-state index in [2.05, 4.69) is 9.82 Å². The van der Waals surface area contributed by atoms with Crippen LogP contribution in [0.3, 0.4) is 0 Å². The predicted octanol–water partition coefficient (Wildman–Crippen LogP) is 5.05. The highest BCUT2D eigenvalue weighted by Crippen LogP contribution is 2.45. The lowest BCUT2D eigenvalue weighted by Gasteiger charge is -2.32. The largest absolute Gasteiger partial charge is 0.497 e. The minimum absolute atomic E-state index is 0.0885. The van der Waals surface area contributed by atoms with Crippen LogP contribution in [0.2, 0.25) is 5.02 Å². The fourth-order valence-corrected chi connectivity index (χ4v) is 6.57. The molecule has 230 valence electrons. The Hall–Kier alpha value is -3.45. The molecular formula is C31H33BClFN4O5S. The molecule has 13 heteroatoms. The van der Waals surface area contributed by atoms with Crippen LogP contribution in [0.15, 0.2) is 54.7 Å². The molecule has 44 heavy (non-hydrogen) atoms. The maximum Gasteiger partial charge on any atom is 0.497 e. The first-order valence-electron chi connectivity index (χ1n) is 14.4. The van der Waals surface area contributed by atoms with E-state index in [1.165, 1.54) is 10.6 Å². The van der Waals surface area contributed by atoms with E-state index in [9.17, 15) is 13.2 Å². The number of hydrogen-bond acceptors (Lipinski definition) is 6. The molecule has 6 rings (SSSR count). The summed E-state index contributed by atoms with van der Waals surface area (Å²) in [4.78, 5) is 12.5. The van der Waals surface area contributed by atoms with Crippen molar-refractivity contribution in [2.75, 3.05) is 10.5 Å². The average Bonchev–Trinajstić information content (AvgIpc) is 3.66. The van der Waals surface area contributed by atoms with Crippen LogP contribution in [0.1, 0.15) is 67.9 Å². The van der Waals surface area contributed by atoms with Crippen molar-refractivity contribution in [2.24, 2.45) is 5.73 Å². The van der Waals surface area contributed by atoms with E-state index in [1.807, 2.05) is 27.7 Å². The number of benzene rings is 2. The van der Waals surface area contributed by atoms with Gasteiger partial charge in [0.05, 0.1) is 39.9 Å². The molecule has 2 fully saturated rings. The highest BCUT2D eigenvalue weighted by molar-refractivity contribution is 7.92. The molecule has 3 N–H and O–H groups in total. The van der Waals surface area contributed by atoms with Crippen molar-refractivity contribution in [2.45, 2.75) is 64.1 Å². The number of aromatic nitrogens is 2. The van der Waals surface area contributed by atoms with Gasteiger partial charge in [-0.15, -0.1) is 0 Å². The normalized spacial score (nSPS) is 17.7. The number of nitrogens with zero attached hydrogens (tertiary/aromatic N) is 2. The number of nitrogens with one attached hydrogen (secondary N) is 1. The number of carbonyl (C=O) groups is 1. The van der Waals surface area contributed by atoms with Crippen LogP contribution in [0.4, 0.5) is 10.1 Å². The minimum atomic E-state index is -3.84. The first kappa shape index (κ1) is 30.6. The van der Waals surface area contributed by atoms with Crippen LogP contribution in [-0.2, 0) is 25.8 Å². The number of aryl methyl sites for hydroxylation is 1. The monoisotopic (exact) mass is 638 g/mol. The fraction of sp³-hybridized carbons (Fsp3) is 0.355. The SMILES string of the molecule is CC1(C)OB(c2ccc(CCS(=O)(=O)Nc3cn4nc(-c5ccc(Cl)cc5)c(C(N)=O)c4cc3C3CC3)cc2F)OC1(C)C. The summed E-state index contributed by atoms with van der Waals surface area (Å²) in [6.07, 6.45) is 3.45. The molecule has 0 unspecified atom stereocenters. The van der Waals surface area contributed by atoms with E-state index in [0.29, 0.717) is 33.0 Å². The van der Waals surface area contributed by atoms with Crippen molar-refractivity contribution in [3.63, 3.8) is 0 Å². The Balaban J connectivity index is 1.24. The van der Waals surface area contributed by atoms with E-state index >= 15 is 4.39 Å². The van der Waals surface area contributed by atoms with Gasteiger partial charge in [-0.3, -0.25) is 9.52 Å². The van der Waals surface area contributed by atoms with Gasteiger partial charge in [-0.25, -0.2) is 17.3 Å². The average molecular weight is 639 g/mol. The molecule has 2 aromatic heterocycles. The lowest BCUT2D eigenvalue weighted by atomic mass is 9.78. The number of primary amides is 1. The van der Waals surface area contributed by atoms with Crippen LogP contribution >= 0.6 is 11.6 Å². The van der Waals surface area contributed by atoms with Crippen molar-refractivity contribution < 1.29 is 26.9 Å². The van der Waals surface area contributed by atoms with Gasteiger partial charge in [-0.05, 0) is 88.3 Å². The third kappa shape index (κ3) is 5.83. The zero-order chi connectivity index (χ0) is 31.6. The Morgan fingerprint density at radius 2 is 1.77 bits per heavy atom. The van der Waals surface area contributed by atoms with Crippen molar-refractivity contribution >= 4 is 51.3 Å². The molecule has 9 nitrogen and oxygen atoms in total. The third-order valence-corrected chi connectivity index (χ3v) is 10.2. The first-order valence-corrected chi connectivity index (χ1v) is 16.4. The maximum atomic E-state index is 15.1. The van der Waals surface area contributed by atoms with Crippen molar-refractivity contribution in [1.82, 2.24) is 9.61 Å². The number of pyridine rings is 1. The summed E-state index contributed by atoms with van der Waals surface area (Å²) < 4.78 is 57.8. The van der Waals surface area contributed by atoms with Gasteiger partial charge in [0.1, 0.15) is 11.5 Å². The van der Waals surface area contributed by atoms with Gasteiger partial charge in [0.15, 0.2) is 0 Å². The second-order valence-electron chi connectivity index (χ2n) is 12.5. The number of amides is 1. The smallest absolute Gasteiger partial charge is 0.399 e. The van der Waals surface area contributed by atoms with Gasteiger partial charge in [0.2, 0.25) is 10.0 Å². The summed E-state index contributed by atoms with van der Waals surface area (Å²) in [6, 6.07) is 13.2. The Labute approximate surface area is 261 Å². The predicted molar refractivity (Wildman–Crippen MR) is 169 cm³/mol. The number of fused-ring (bicyclic) bond motifs is 1. The van der Waals surface area contributed by atoms with Gasteiger partial charge >= 0.3 is 7.12 Å². The molecule has 0 atom stereocenters. The molecular weight excluding hydrogens is 606 g/mol. The molecule has 0 bridgehead atoms. The van der Waals surface area contributed by atoms with Gasteiger partial charge in [-0.1, -0.05) is 35.9 Å². The number of anilines is 1.